The quantitative estimate of drug-likeness (QED) is 0.754. The summed E-state index contributed by atoms with van der Waals surface area (Å²) in [5.41, 5.74) is 1.26. The molecule has 0 fully saturated rings. The molecule has 1 heterocycles. The van der Waals surface area contributed by atoms with Crippen LogP contribution in [0.3, 0.4) is 0 Å². The maximum absolute atomic E-state index is 9.84. The van der Waals surface area contributed by atoms with Crippen LogP contribution in [-0.2, 0) is 4.79 Å². The van der Waals surface area contributed by atoms with Gasteiger partial charge in [-0.1, -0.05) is 61.8 Å². The number of aromatic nitrogens is 1. The van der Waals surface area contributed by atoms with Crippen LogP contribution in [0.2, 0.25) is 0 Å². The van der Waals surface area contributed by atoms with Gasteiger partial charge < -0.3 is 5.32 Å². The predicted molar refractivity (Wildman–Crippen MR) is 86.4 cm³/mol. The van der Waals surface area contributed by atoms with E-state index in [1.165, 1.54) is 6.42 Å². The molecule has 1 aromatic heterocycles. The van der Waals surface area contributed by atoms with Gasteiger partial charge in [-0.2, -0.15) is 0 Å². The lowest BCUT2D eigenvalue weighted by Crippen LogP contribution is -2.00. The number of carbonyl (C=O) groups excluding carboxylic acids is 1. The third-order valence-electron chi connectivity index (χ3n) is 1.95. The first-order valence-corrected chi connectivity index (χ1v) is 7.10. The Morgan fingerprint density at radius 1 is 1.21 bits per heavy atom. The van der Waals surface area contributed by atoms with E-state index in [-0.39, 0.29) is 0 Å². The normalized spacial score (nSPS) is 8.42. The maximum Gasteiger partial charge on any atom is 0.211 e. The van der Waals surface area contributed by atoms with Crippen molar-refractivity contribution in [2.75, 3.05) is 5.32 Å². The fourth-order valence-corrected chi connectivity index (χ4v) is 0.516. The Kier molecular flexibility index (Phi) is 19.9. The number of anilines is 1. The van der Waals surface area contributed by atoms with Gasteiger partial charge in [-0.3, -0.25) is 9.78 Å². The summed E-state index contributed by atoms with van der Waals surface area (Å²) < 4.78 is 0. The van der Waals surface area contributed by atoms with Crippen molar-refractivity contribution in [2.45, 2.75) is 61.8 Å². The maximum atomic E-state index is 9.84. The molecule has 1 rings (SSSR count). The monoisotopic (exact) mass is 268 g/mol. The zero-order valence-electron chi connectivity index (χ0n) is 13.9. The van der Waals surface area contributed by atoms with Crippen molar-refractivity contribution in [1.82, 2.24) is 4.98 Å². The topological polar surface area (TPSA) is 42.0 Å². The van der Waals surface area contributed by atoms with Crippen LogP contribution in [0, 0.1) is 5.41 Å². The van der Waals surface area contributed by atoms with Gasteiger partial charge in [0.15, 0.2) is 0 Å². The number of amides is 1. The molecule has 0 unspecified atom stereocenters. The molecule has 0 aliphatic rings. The van der Waals surface area contributed by atoms with E-state index >= 15 is 0 Å². The Balaban J connectivity index is -0.000000224. The van der Waals surface area contributed by atoms with Crippen molar-refractivity contribution in [3.8, 4) is 0 Å². The Labute approximate surface area is 119 Å². The largest absolute Gasteiger partial charge is 0.327 e. The van der Waals surface area contributed by atoms with Gasteiger partial charge in [0.05, 0.1) is 11.9 Å². The van der Waals surface area contributed by atoms with Gasteiger partial charge in [-0.05, 0) is 17.5 Å². The number of nitrogens with one attached hydrogen (secondary N) is 1. The van der Waals surface area contributed by atoms with Crippen LogP contribution in [0.15, 0.2) is 24.5 Å². The Bertz CT molecular complexity index is 266. The van der Waals surface area contributed by atoms with Gasteiger partial charge in [0.2, 0.25) is 6.41 Å². The lowest BCUT2D eigenvalue weighted by Gasteiger charge is -2.12. The Morgan fingerprint density at radius 2 is 1.68 bits per heavy atom. The fourth-order valence-electron chi connectivity index (χ4n) is 0.516. The van der Waals surface area contributed by atoms with E-state index < -0.39 is 0 Å². The van der Waals surface area contributed by atoms with Crippen molar-refractivity contribution in [3.05, 3.63) is 24.5 Å². The second kappa shape index (κ2) is 16.6. The summed E-state index contributed by atoms with van der Waals surface area (Å²) >= 11 is 0. The molecule has 0 saturated heterocycles. The molecular weight excluding hydrogens is 236 g/mol. The summed E-state index contributed by atoms with van der Waals surface area (Å²) in [6.45, 7) is 16.9. The van der Waals surface area contributed by atoms with E-state index in [0.717, 1.165) is 0 Å². The first-order chi connectivity index (χ1) is 8.99. The summed E-state index contributed by atoms with van der Waals surface area (Å²) in [5, 5.41) is 2.46. The van der Waals surface area contributed by atoms with Crippen molar-refractivity contribution in [3.63, 3.8) is 0 Å². The number of rotatable bonds is 2. The minimum Gasteiger partial charge on any atom is -0.327 e. The molecule has 0 spiro atoms. The lowest BCUT2D eigenvalue weighted by atomic mass is 9.94. The highest BCUT2D eigenvalue weighted by Gasteiger charge is 2.03. The highest BCUT2D eigenvalue weighted by Crippen LogP contribution is 2.16. The van der Waals surface area contributed by atoms with Crippen LogP contribution in [0.1, 0.15) is 61.8 Å². The summed E-state index contributed by atoms with van der Waals surface area (Å²) in [5.74, 6) is 0. The van der Waals surface area contributed by atoms with Crippen LogP contribution in [-0.4, -0.2) is 11.4 Å². The smallest absolute Gasteiger partial charge is 0.211 e. The molecule has 3 heteroatoms. The first kappa shape index (κ1) is 22.8. The zero-order valence-corrected chi connectivity index (χ0v) is 13.9. The highest BCUT2D eigenvalue weighted by molar-refractivity contribution is 5.70. The third kappa shape index (κ3) is 22.3. The number of carbonyl (C=O) groups is 1. The van der Waals surface area contributed by atoms with Gasteiger partial charge in [0.1, 0.15) is 0 Å². The van der Waals surface area contributed by atoms with E-state index in [2.05, 4.69) is 38.0 Å². The molecule has 0 aliphatic carbocycles. The van der Waals surface area contributed by atoms with Gasteiger partial charge >= 0.3 is 0 Å². The van der Waals surface area contributed by atoms with Crippen LogP contribution in [0.5, 0.6) is 0 Å². The molecule has 0 aliphatic heterocycles. The second-order valence-corrected chi connectivity index (χ2v) is 4.42. The molecule has 1 aromatic rings. The van der Waals surface area contributed by atoms with Crippen LogP contribution >= 0.6 is 0 Å². The van der Waals surface area contributed by atoms with Gasteiger partial charge in [-0.15, -0.1) is 0 Å². The average Bonchev–Trinajstić information content (AvgIpc) is 2.45. The summed E-state index contributed by atoms with van der Waals surface area (Å²) in [4.78, 5) is 13.6. The minimum atomic E-state index is 0.542. The molecule has 3 nitrogen and oxygen atoms in total. The van der Waals surface area contributed by atoms with E-state index in [1.54, 1.807) is 24.5 Å². The second-order valence-electron chi connectivity index (χ2n) is 4.42. The van der Waals surface area contributed by atoms with Crippen molar-refractivity contribution >= 4 is 12.1 Å². The Morgan fingerprint density at radius 3 is 1.95 bits per heavy atom. The number of hydrogen-bond donors (Lipinski definition) is 1. The fraction of sp³-hybridized carbons (Fsp3) is 0.625. The molecule has 0 atom stereocenters. The SMILES string of the molecule is CC.CC.CCC(C)(C)C.O=CNc1cccnc1. The van der Waals surface area contributed by atoms with Crippen LogP contribution in [0.25, 0.3) is 0 Å². The summed E-state index contributed by atoms with van der Waals surface area (Å²) in [7, 11) is 0. The summed E-state index contributed by atoms with van der Waals surface area (Å²) in [6, 6.07) is 3.52. The lowest BCUT2D eigenvalue weighted by molar-refractivity contribution is -0.105. The molecule has 1 N–H and O–H groups in total. The molecule has 0 radical (unpaired) electrons. The number of hydrogen-bond acceptors (Lipinski definition) is 2. The average molecular weight is 268 g/mol. The predicted octanol–water partition coefficient (Wildman–Crippen LogP) is 5.14. The van der Waals surface area contributed by atoms with Gasteiger partial charge in [-0.25, -0.2) is 0 Å². The molecule has 0 bridgehead atoms. The molecule has 0 saturated carbocycles. The van der Waals surface area contributed by atoms with E-state index in [0.29, 0.717) is 17.5 Å². The van der Waals surface area contributed by atoms with E-state index in [9.17, 15) is 4.79 Å². The molecule has 1 amide bonds. The standard InChI is InChI=1S/C6H6N2O.C6H14.2C2H6/c9-5-8-6-2-1-3-7-4-6;1-5-6(2,3)4;2*1-2/h1-5H,(H,8,9);5H2,1-4H3;2*1-2H3. The summed E-state index contributed by atoms with van der Waals surface area (Å²) in [6.07, 6.45) is 5.12. The molecular formula is C16H32N2O. The van der Waals surface area contributed by atoms with Gasteiger partial charge in [0, 0.05) is 6.20 Å². The van der Waals surface area contributed by atoms with Crippen molar-refractivity contribution in [1.29, 1.82) is 0 Å². The number of nitrogens with zero attached hydrogens (tertiary/aromatic N) is 1. The minimum absolute atomic E-state index is 0.542. The third-order valence-corrected chi connectivity index (χ3v) is 1.95. The zero-order chi connectivity index (χ0) is 15.7. The highest BCUT2D eigenvalue weighted by atomic mass is 16.1. The van der Waals surface area contributed by atoms with E-state index in [4.69, 9.17) is 0 Å². The van der Waals surface area contributed by atoms with E-state index in [1.807, 2.05) is 27.7 Å². The van der Waals surface area contributed by atoms with Crippen molar-refractivity contribution < 1.29 is 4.79 Å². The first-order valence-electron chi connectivity index (χ1n) is 7.10. The molecule has 112 valence electrons. The Hall–Kier alpha value is -1.38. The van der Waals surface area contributed by atoms with Crippen LogP contribution in [0.4, 0.5) is 5.69 Å². The molecule has 19 heavy (non-hydrogen) atoms. The molecule has 0 aromatic carbocycles. The number of pyridine rings is 1. The van der Waals surface area contributed by atoms with Crippen molar-refractivity contribution in [2.24, 2.45) is 5.41 Å². The van der Waals surface area contributed by atoms with Gasteiger partial charge in [0.25, 0.3) is 0 Å². The van der Waals surface area contributed by atoms with Crippen LogP contribution < -0.4 is 5.32 Å².